The van der Waals surface area contributed by atoms with Crippen LogP contribution in [0.4, 0.5) is 0 Å². The summed E-state index contributed by atoms with van der Waals surface area (Å²) < 4.78 is 16.2. The van der Waals surface area contributed by atoms with Gasteiger partial charge >= 0.3 is 0 Å². The number of nitrogens with zero attached hydrogens (tertiary/aromatic N) is 1. The van der Waals surface area contributed by atoms with Gasteiger partial charge in [0.1, 0.15) is 11.0 Å². The van der Waals surface area contributed by atoms with Crippen LogP contribution in [0.15, 0.2) is 84.3 Å². The molecule has 29 heavy (non-hydrogen) atoms. The first kappa shape index (κ1) is 18.5. The summed E-state index contributed by atoms with van der Waals surface area (Å²) in [7, 11) is -1.25. The van der Waals surface area contributed by atoms with E-state index >= 15 is 0 Å². The van der Waals surface area contributed by atoms with Crippen LogP contribution in [0.1, 0.15) is 52.7 Å². The summed E-state index contributed by atoms with van der Waals surface area (Å²) in [5.41, 5.74) is 7.50. The Morgan fingerprint density at radius 1 is 0.897 bits per heavy atom. The first-order valence-electron chi connectivity index (χ1n) is 10.3. The van der Waals surface area contributed by atoms with E-state index in [4.69, 9.17) is 0 Å². The van der Waals surface area contributed by atoms with Crippen molar-refractivity contribution in [3.05, 3.63) is 107 Å². The van der Waals surface area contributed by atoms with Gasteiger partial charge in [-0.3, -0.25) is 0 Å². The van der Waals surface area contributed by atoms with Gasteiger partial charge in [-0.15, -0.1) is 0 Å². The molecule has 2 aliphatic carbocycles. The van der Waals surface area contributed by atoms with Crippen molar-refractivity contribution in [3.8, 4) is 0 Å². The van der Waals surface area contributed by atoms with E-state index in [1.165, 1.54) is 27.8 Å². The van der Waals surface area contributed by atoms with Gasteiger partial charge in [-0.1, -0.05) is 72.8 Å². The maximum Gasteiger partial charge on any atom is 0.128 e. The molecule has 0 saturated heterocycles. The summed E-state index contributed by atoms with van der Waals surface area (Å²) in [6, 6.07) is 25.5. The molecular weight excluding hydrogens is 374 g/mol. The summed E-state index contributed by atoms with van der Waals surface area (Å²) in [5.74, 6) is 0. The highest BCUT2D eigenvalue weighted by atomic mass is 32.2. The molecule has 0 radical (unpaired) electrons. The minimum absolute atomic E-state index is 0.0805. The molecule has 0 bridgehead atoms. The molecule has 3 heteroatoms. The average molecular weight is 400 g/mol. The van der Waals surface area contributed by atoms with Gasteiger partial charge in [0.15, 0.2) is 0 Å². The molecule has 0 saturated carbocycles. The van der Waals surface area contributed by atoms with Crippen molar-refractivity contribution in [1.82, 2.24) is 4.31 Å². The van der Waals surface area contributed by atoms with Crippen molar-refractivity contribution in [2.75, 3.05) is 0 Å². The number of hydrogen-bond acceptors (Lipinski definition) is 1. The third kappa shape index (κ3) is 3.19. The quantitative estimate of drug-likeness (QED) is 0.514. The SMILES string of the molecule is C=C1CC(N(C2CCc3ccccc32)S(=O)c2ccc(C)cc2)c2ccccc21. The molecule has 0 heterocycles. The predicted molar refractivity (Wildman–Crippen MR) is 120 cm³/mol. The first-order chi connectivity index (χ1) is 14.1. The predicted octanol–water partition coefficient (Wildman–Crippen LogP) is 6.17. The lowest BCUT2D eigenvalue weighted by molar-refractivity contribution is 0.272. The number of aryl methyl sites for hydroxylation is 2. The van der Waals surface area contributed by atoms with Crippen LogP contribution in [0.5, 0.6) is 0 Å². The van der Waals surface area contributed by atoms with Gasteiger partial charge in [-0.05, 0) is 66.1 Å². The van der Waals surface area contributed by atoms with Crippen molar-refractivity contribution < 1.29 is 4.21 Å². The fraction of sp³-hybridized carbons (Fsp3) is 0.231. The van der Waals surface area contributed by atoms with Crippen LogP contribution in [0.3, 0.4) is 0 Å². The van der Waals surface area contributed by atoms with Gasteiger partial charge in [0.2, 0.25) is 0 Å². The largest absolute Gasteiger partial charge is 0.237 e. The van der Waals surface area contributed by atoms with Crippen LogP contribution in [-0.2, 0) is 17.4 Å². The topological polar surface area (TPSA) is 20.3 Å². The molecular formula is C26H25NOS. The summed E-state index contributed by atoms with van der Waals surface area (Å²) in [6.45, 7) is 6.38. The molecule has 0 N–H and O–H groups in total. The molecule has 3 unspecified atom stereocenters. The van der Waals surface area contributed by atoms with E-state index in [1.807, 2.05) is 12.1 Å². The second-order valence-corrected chi connectivity index (χ2v) is 9.48. The lowest BCUT2D eigenvalue weighted by atomic mass is 10.0. The van der Waals surface area contributed by atoms with Crippen molar-refractivity contribution in [1.29, 1.82) is 0 Å². The highest BCUT2D eigenvalue weighted by Crippen LogP contribution is 2.49. The maximum absolute atomic E-state index is 14.0. The molecule has 0 amide bonds. The van der Waals surface area contributed by atoms with E-state index in [1.54, 1.807) is 0 Å². The van der Waals surface area contributed by atoms with Crippen LogP contribution in [0, 0.1) is 6.92 Å². The molecule has 0 spiro atoms. The molecule has 2 aliphatic rings. The fourth-order valence-electron chi connectivity index (χ4n) is 4.81. The lowest BCUT2D eigenvalue weighted by Gasteiger charge is -2.34. The summed E-state index contributed by atoms with van der Waals surface area (Å²) in [6.07, 6.45) is 2.87. The molecule has 3 aromatic rings. The number of rotatable bonds is 4. The van der Waals surface area contributed by atoms with E-state index in [-0.39, 0.29) is 12.1 Å². The average Bonchev–Trinajstić information content (AvgIpc) is 3.31. The van der Waals surface area contributed by atoms with Crippen molar-refractivity contribution in [2.45, 2.75) is 43.2 Å². The van der Waals surface area contributed by atoms with Crippen molar-refractivity contribution in [3.63, 3.8) is 0 Å². The highest BCUT2D eigenvalue weighted by Gasteiger charge is 2.40. The summed E-state index contributed by atoms with van der Waals surface area (Å²) >= 11 is 0. The Labute approximate surface area is 175 Å². The smallest absolute Gasteiger partial charge is 0.128 e. The monoisotopic (exact) mass is 399 g/mol. The van der Waals surface area contributed by atoms with Crippen LogP contribution in [0.2, 0.25) is 0 Å². The number of hydrogen-bond donors (Lipinski definition) is 0. The third-order valence-electron chi connectivity index (χ3n) is 6.27. The molecule has 5 rings (SSSR count). The van der Waals surface area contributed by atoms with Crippen molar-refractivity contribution in [2.24, 2.45) is 0 Å². The van der Waals surface area contributed by atoms with Crippen LogP contribution >= 0.6 is 0 Å². The summed E-state index contributed by atoms with van der Waals surface area (Å²) in [4.78, 5) is 0.870. The second-order valence-electron chi connectivity index (χ2n) is 8.09. The van der Waals surface area contributed by atoms with Gasteiger partial charge < -0.3 is 0 Å². The molecule has 146 valence electrons. The zero-order chi connectivity index (χ0) is 20.0. The van der Waals surface area contributed by atoms with E-state index in [0.717, 1.165) is 29.7 Å². The Balaban J connectivity index is 1.62. The van der Waals surface area contributed by atoms with Gasteiger partial charge in [-0.2, -0.15) is 0 Å². The van der Waals surface area contributed by atoms with Gasteiger partial charge in [0.05, 0.1) is 10.9 Å². The molecule has 0 aromatic heterocycles. The minimum atomic E-state index is -1.25. The minimum Gasteiger partial charge on any atom is -0.237 e. The van der Waals surface area contributed by atoms with E-state index in [9.17, 15) is 4.21 Å². The molecule has 0 aliphatic heterocycles. The molecule has 3 atom stereocenters. The van der Waals surface area contributed by atoms with E-state index < -0.39 is 11.0 Å². The Kier molecular flexibility index (Phi) is 4.73. The van der Waals surface area contributed by atoms with Gasteiger partial charge in [0.25, 0.3) is 0 Å². The van der Waals surface area contributed by atoms with Crippen LogP contribution < -0.4 is 0 Å². The highest BCUT2D eigenvalue weighted by molar-refractivity contribution is 7.82. The number of fused-ring (bicyclic) bond motifs is 2. The van der Waals surface area contributed by atoms with E-state index in [2.05, 4.69) is 78.5 Å². The third-order valence-corrected chi connectivity index (χ3v) is 7.84. The van der Waals surface area contributed by atoms with Gasteiger partial charge in [0, 0.05) is 6.04 Å². The Morgan fingerprint density at radius 2 is 1.59 bits per heavy atom. The summed E-state index contributed by atoms with van der Waals surface area (Å²) in [5, 5.41) is 0. The Bertz CT molecular complexity index is 1100. The Hall–Kier alpha value is -2.49. The van der Waals surface area contributed by atoms with E-state index in [0.29, 0.717) is 0 Å². The lowest BCUT2D eigenvalue weighted by Crippen LogP contribution is -2.33. The van der Waals surface area contributed by atoms with Gasteiger partial charge in [-0.25, -0.2) is 8.51 Å². The first-order valence-corrected chi connectivity index (χ1v) is 11.4. The fourth-order valence-corrected chi connectivity index (χ4v) is 6.30. The molecule has 3 aromatic carbocycles. The zero-order valence-electron chi connectivity index (χ0n) is 16.7. The zero-order valence-corrected chi connectivity index (χ0v) is 17.5. The normalized spacial score (nSPS) is 21.2. The second kappa shape index (κ2) is 7.40. The van der Waals surface area contributed by atoms with Crippen LogP contribution in [0.25, 0.3) is 5.57 Å². The van der Waals surface area contributed by atoms with Crippen molar-refractivity contribution >= 4 is 16.6 Å². The Morgan fingerprint density at radius 3 is 2.38 bits per heavy atom. The maximum atomic E-state index is 14.0. The molecule has 0 fully saturated rings. The molecule has 2 nitrogen and oxygen atoms in total. The number of benzene rings is 3. The standard InChI is InChI=1S/C26H25NOS/c1-18-11-14-21(15-12-18)29(28)27(25-16-13-20-7-3-4-9-23(20)25)26-17-19(2)22-8-5-6-10-24(22)26/h3-12,14-15,25-26H,2,13,16-17H2,1H3. The van der Waals surface area contributed by atoms with Crippen LogP contribution in [-0.4, -0.2) is 8.51 Å².